The highest BCUT2D eigenvalue weighted by atomic mass is 35.5. The van der Waals surface area contributed by atoms with Crippen LogP contribution in [-0.4, -0.2) is 11.6 Å². The van der Waals surface area contributed by atoms with Crippen molar-refractivity contribution in [1.29, 1.82) is 0 Å². The van der Waals surface area contributed by atoms with Crippen molar-refractivity contribution in [2.24, 2.45) is 0 Å². The van der Waals surface area contributed by atoms with E-state index in [-0.39, 0.29) is 36.6 Å². The van der Waals surface area contributed by atoms with E-state index in [1.165, 1.54) is 17.4 Å². The molecular weight excluding hydrogens is 311 g/mol. The highest BCUT2D eigenvalue weighted by molar-refractivity contribution is 7.18. The van der Waals surface area contributed by atoms with Crippen LogP contribution in [0.3, 0.4) is 0 Å². The molecule has 2 aromatic rings. The summed E-state index contributed by atoms with van der Waals surface area (Å²) in [6.45, 7) is 0. The molecule has 0 saturated heterocycles. The number of carbonyl (C=O) groups is 2. The fourth-order valence-electron chi connectivity index (χ4n) is 1.94. The Bertz CT molecular complexity index is 651. The number of Topliss-reactive ketones (excluding diaryl/α,β-unsaturated/α-hetero) is 2. The highest BCUT2D eigenvalue weighted by Crippen LogP contribution is 2.23. The second kappa shape index (κ2) is 7.48. The molecule has 110 valence electrons. The Morgan fingerprint density at radius 2 is 1.81 bits per heavy atom. The van der Waals surface area contributed by atoms with Crippen LogP contribution in [0.1, 0.15) is 34.5 Å². The number of halogens is 2. The van der Waals surface area contributed by atoms with Crippen molar-refractivity contribution in [3.05, 3.63) is 57.0 Å². The minimum Gasteiger partial charge on any atom is -0.300 e. The normalized spacial score (nSPS) is 10.6. The molecular formula is C16H14ClFO2S. The van der Waals surface area contributed by atoms with Gasteiger partial charge in [-0.15, -0.1) is 11.3 Å². The van der Waals surface area contributed by atoms with Gasteiger partial charge in [0, 0.05) is 19.3 Å². The molecule has 0 bridgehead atoms. The van der Waals surface area contributed by atoms with Gasteiger partial charge < -0.3 is 0 Å². The third kappa shape index (κ3) is 4.76. The highest BCUT2D eigenvalue weighted by Gasteiger charge is 2.12. The Labute approximate surface area is 131 Å². The largest absolute Gasteiger partial charge is 0.300 e. The molecule has 2 nitrogen and oxygen atoms in total. The summed E-state index contributed by atoms with van der Waals surface area (Å²) < 4.78 is 14.0. The third-order valence-electron chi connectivity index (χ3n) is 3.11. The van der Waals surface area contributed by atoms with Crippen LogP contribution in [0.4, 0.5) is 4.39 Å². The lowest BCUT2D eigenvalue weighted by molar-refractivity contribution is -0.119. The van der Waals surface area contributed by atoms with Crippen LogP contribution in [0, 0.1) is 5.82 Å². The smallest absolute Gasteiger partial charge is 0.173 e. The fraction of sp³-hybridized carbons (Fsp3) is 0.250. The Kier molecular flexibility index (Phi) is 5.65. The zero-order valence-electron chi connectivity index (χ0n) is 11.3. The molecule has 1 aromatic heterocycles. The van der Waals surface area contributed by atoms with Gasteiger partial charge in [0.1, 0.15) is 11.6 Å². The third-order valence-corrected chi connectivity index (χ3v) is 4.38. The Morgan fingerprint density at radius 1 is 1.05 bits per heavy atom. The van der Waals surface area contributed by atoms with Crippen molar-refractivity contribution < 1.29 is 14.0 Å². The van der Waals surface area contributed by atoms with Gasteiger partial charge in [-0.3, -0.25) is 9.59 Å². The second-order valence-corrected chi connectivity index (χ2v) is 6.37. The first-order valence-electron chi connectivity index (χ1n) is 6.60. The number of hydrogen-bond acceptors (Lipinski definition) is 3. The van der Waals surface area contributed by atoms with E-state index in [0.29, 0.717) is 21.2 Å². The van der Waals surface area contributed by atoms with E-state index < -0.39 is 0 Å². The number of thiophene rings is 1. The van der Waals surface area contributed by atoms with E-state index >= 15 is 0 Å². The van der Waals surface area contributed by atoms with E-state index in [0.717, 1.165) is 0 Å². The Morgan fingerprint density at radius 3 is 2.48 bits per heavy atom. The van der Waals surface area contributed by atoms with Gasteiger partial charge in [0.05, 0.1) is 9.21 Å². The average molecular weight is 325 g/mol. The molecule has 1 heterocycles. The Balaban J connectivity index is 1.78. The number of hydrogen-bond donors (Lipinski definition) is 0. The molecule has 0 aliphatic rings. The molecule has 0 fully saturated rings. The van der Waals surface area contributed by atoms with Crippen LogP contribution < -0.4 is 0 Å². The first-order chi connectivity index (χ1) is 10.1. The van der Waals surface area contributed by atoms with Crippen molar-refractivity contribution in [2.75, 3.05) is 0 Å². The summed E-state index contributed by atoms with van der Waals surface area (Å²) in [6.07, 6.45) is 0.972. The van der Waals surface area contributed by atoms with Gasteiger partial charge >= 0.3 is 0 Å². The van der Waals surface area contributed by atoms with Gasteiger partial charge in [-0.1, -0.05) is 29.8 Å². The van der Waals surface area contributed by atoms with Crippen LogP contribution in [0.5, 0.6) is 0 Å². The van der Waals surface area contributed by atoms with E-state index in [2.05, 4.69) is 0 Å². The van der Waals surface area contributed by atoms with Crippen molar-refractivity contribution in [2.45, 2.75) is 25.7 Å². The van der Waals surface area contributed by atoms with Gasteiger partial charge in [-0.2, -0.15) is 0 Å². The lowest BCUT2D eigenvalue weighted by atomic mass is 10.0. The summed E-state index contributed by atoms with van der Waals surface area (Å²) in [7, 11) is 0. The van der Waals surface area contributed by atoms with Crippen LogP contribution in [0.15, 0.2) is 36.4 Å². The van der Waals surface area contributed by atoms with Gasteiger partial charge in [-0.25, -0.2) is 4.39 Å². The zero-order valence-corrected chi connectivity index (χ0v) is 12.8. The van der Waals surface area contributed by atoms with E-state index in [9.17, 15) is 14.0 Å². The molecule has 0 aliphatic heterocycles. The quantitative estimate of drug-likeness (QED) is 0.691. The lowest BCUT2D eigenvalue weighted by Crippen LogP contribution is -2.05. The molecule has 2 rings (SSSR count). The topological polar surface area (TPSA) is 34.1 Å². The fourth-order valence-corrected chi connectivity index (χ4v) is 2.95. The summed E-state index contributed by atoms with van der Waals surface area (Å²) in [5, 5.41) is 0. The standard InChI is InChI=1S/C16H14ClFO2S/c17-16-10-9-15(21-16)14(20)8-7-12(19)6-5-11-3-1-2-4-13(11)18/h1-4,9-10H,5-8H2. The monoisotopic (exact) mass is 324 g/mol. The average Bonchev–Trinajstić information content (AvgIpc) is 2.90. The SMILES string of the molecule is O=C(CCC(=O)c1ccc(Cl)s1)CCc1ccccc1F. The maximum Gasteiger partial charge on any atom is 0.173 e. The van der Waals surface area contributed by atoms with Gasteiger partial charge in [0.15, 0.2) is 5.78 Å². The molecule has 0 N–H and O–H groups in total. The number of ketones is 2. The van der Waals surface area contributed by atoms with E-state index in [1.807, 2.05) is 0 Å². The first-order valence-corrected chi connectivity index (χ1v) is 7.79. The van der Waals surface area contributed by atoms with Crippen LogP contribution in [-0.2, 0) is 11.2 Å². The molecule has 21 heavy (non-hydrogen) atoms. The van der Waals surface area contributed by atoms with Crippen LogP contribution >= 0.6 is 22.9 Å². The maximum absolute atomic E-state index is 13.4. The molecule has 0 saturated carbocycles. The molecule has 0 unspecified atom stereocenters. The predicted molar refractivity (Wildman–Crippen MR) is 82.6 cm³/mol. The predicted octanol–water partition coefficient (Wildman–Crippen LogP) is 4.71. The van der Waals surface area contributed by atoms with Crippen molar-refractivity contribution >= 4 is 34.5 Å². The van der Waals surface area contributed by atoms with Crippen LogP contribution in [0.2, 0.25) is 4.34 Å². The Hall–Kier alpha value is -1.52. The second-order valence-electron chi connectivity index (χ2n) is 4.66. The molecule has 0 aliphatic carbocycles. The number of rotatable bonds is 7. The minimum absolute atomic E-state index is 0.0331. The van der Waals surface area contributed by atoms with Crippen molar-refractivity contribution in [1.82, 2.24) is 0 Å². The van der Waals surface area contributed by atoms with Gasteiger partial charge in [0.25, 0.3) is 0 Å². The van der Waals surface area contributed by atoms with Crippen molar-refractivity contribution in [3.8, 4) is 0 Å². The van der Waals surface area contributed by atoms with E-state index in [1.54, 1.807) is 30.3 Å². The first kappa shape index (κ1) is 15.9. The summed E-state index contributed by atoms with van der Waals surface area (Å²) in [5.41, 5.74) is 0.530. The van der Waals surface area contributed by atoms with E-state index in [4.69, 9.17) is 11.6 Å². The molecule has 0 spiro atoms. The molecule has 1 aromatic carbocycles. The number of aryl methyl sites for hydroxylation is 1. The van der Waals surface area contributed by atoms with Gasteiger partial charge in [0.2, 0.25) is 0 Å². The summed E-state index contributed by atoms with van der Waals surface area (Å²) in [5.74, 6) is -0.407. The molecule has 0 amide bonds. The summed E-state index contributed by atoms with van der Waals surface area (Å²) in [4.78, 5) is 24.2. The number of carbonyl (C=O) groups excluding carboxylic acids is 2. The van der Waals surface area contributed by atoms with Gasteiger partial charge in [-0.05, 0) is 30.2 Å². The molecule has 5 heteroatoms. The maximum atomic E-state index is 13.4. The lowest BCUT2D eigenvalue weighted by Gasteiger charge is -2.02. The zero-order chi connectivity index (χ0) is 15.2. The number of benzene rings is 1. The molecule has 0 atom stereocenters. The van der Waals surface area contributed by atoms with Crippen molar-refractivity contribution in [3.63, 3.8) is 0 Å². The van der Waals surface area contributed by atoms with Crippen LogP contribution in [0.25, 0.3) is 0 Å². The minimum atomic E-state index is -0.297. The summed E-state index contributed by atoms with van der Waals surface area (Å²) >= 11 is 6.98. The molecule has 0 radical (unpaired) electrons. The summed E-state index contributed by atoms with van der Waals surface area (Å²) in [6, 6.07) is 9.74.